The van der Waals surface area contributed by atoms with Crippen molar-refractivity contribution in [2.24, 2.45) is 0 Å². The number of aliphatic carboxylic acids is 1. The summed E-state index contributed by atoms with van der Waals surface area (Å²) in [5, 5.41) is 22.3. The Labute approximate surface area is 134 Å². The third-order valence-corrected chi connectivity index (χ3v) is 3.71. The molecule has 2 aromatic rings. The van der Waals surface area contributed by atoms with Gasteiger partial charge in [0.2, 0.25) is 0 Å². The van der Waals surface area contributed by atoms with Crippen molar-refractivity contribution in [1.29, 1.82) is 0 Å². The molecule has 1 aromatic heterocycles. The Balaban J connectivity index is 1.99. The number of amides is 2. The topological polar surface area (TPSA) is 146 Å². The van der Waals surface area contributed by atoms with E-state index in [0.29, 0.717) is 10.6 Å². The van der Waals surface area contributed by atoms with Gasteiger partial charge in [0.25, 0.3) is 11.8 Å². The number of nitrogens with zero attached hydrogens (tertiary/aromatic N) is 2. The molecule has 0 radical (unpaired) electrons. The predicted octanol–water partition coefficient (Wildman–Crippen LogP) is -2.27. The van der Waals surface area contributed by atoms with Crippen LogP contribution in [0.3, 0.4) is 0 Å². The van der Waals surface area contributed by atoms with Gasteiger partial charge >= 0.3 is 0 Å². The summed E-state index contributed by atoms with van der Waals surface area (Å²) in [5.41, 5.74) is -0.134. The summed E-state index contributed by atoms with van der Waals surface area (Å²) in [6.45, 7) is 0. The second-order valence-corrected chi connectivity index (χ2v) is 5.14. The number of benzene rings is 1. The molecule has 122 valence electrons. The van der Waals surface area contributed by atoms with Gasteiger partial charge in [0, 0.05) is 18.3 Å². The summed E-state index contributed by atoms with van der Waals surface area (Å²) >= 11 is 0. The number of aromatic amines is 1. The van der Waals surface area contributed by atoms with Crippen molar-refractivity contribution in [2.45, 2.75) is 12.5 Å². The summed E-state index contributed by atoms with van der Waals surface area (Å²) in [6, 6.07) is 1.71. The number of H-pyrrole nitrogens is 1. The van der Waals surface area contributed by atoms with Gasteiger partial charge in [0.15, 0.2) is 0 Å². The first kappa shape index (κ1) is 15.4. The highest BCUT2D eigenvalue weighted by Gasteiger charge is 2.40. The average Bonchev–Trinajstić information content (AvgIpc) is 3.13. The van der Waals surface area contributed by atoms with Gasteiger partial charge in [-0.05, 0) is 17.7 Å². The lowest BCUT2D eigenvalue weighted by atomic mass is 10.1. The maximum absolute atomic E-state index is 12.4. The van der Waals surface area contributed by atoms with Crippen molar-refractivity contribution >= 4 is 23.8 Å². The van der Waals surface area contributed by atoms with Gasteiger partial charge in [0.05, 0.1) is 35.4 Å². The highest BCUT2D eigenvalue weighted by molar-refractivity contribution is 6.23. The summed E-state index contributed by atoms with van der Waals surface area (Å²) in [7, 11) is 0. The quantitative estimate of drug-likeness (QED) is 0.609. The second-order valence-electron chi connectivity index (χ2n) is 5.14. The zero-order chi connectivity index (χ0) is 17.4. The average molecular weight is 327 g/mol. The van der Waals surface area contributed by atoms with E-state index in [1.165, 1.54) is 12.5 Å². The minimum atomic E-state index is -1.61. The number of carboxylic acids is 2. The highest BCUT2D eigenvalue weighted by atomic mass is 16.4. The number of aromatic carboxylic acids is 1. The van der Waals surface area contributed by atoms with Gasteiger partial charge in [-0.1, -0.05) is 6.07 Å². The van der Waals surface area contributed by atoms with Crippen LogP contribution in [0.4, 0.5) is 0 Å². The summed E-state index contributed by atoms with van der Waals surface area (Å²) in [4.78, 5) is 54.1. The van der Waals surface area contributed by atoms with Crippen molar-refractivity contribution < 1.29 is 29.4 Å². The maximum Gasteiger partial charge on any atom is 0.262 e. The van der Waals surface area contributed by atoms with E-state index in [4.69, 9.17) is 0 Å². The molecular weight excluding hydrogens is 318 g/mol. The van der Waals surface area contributed by atoms with Crippen LogP contribution in [0.1, 0.15) is 36.8 Å². The largest absolute Gasteiger partial charge is 0.548 e. The first-order chi connectivity index (χ1) is 11.4. The standard InChI is InChI=1S/C15H11N3O6/c19-12-9-2-1-7(14(21)22)3-10(9)13(20)18(12)11(15(23)24)4-8-5-16-6-17-8/h1-3,5-6,11H,4H2,(H,16,17)(H,21,22)(H,23,24)/p-2/t11-/m1/s1. The van der Waals surface area contributed by atoms with Crippen LogP contribution in [0.25, 0.3) is 0 Å². The van der Waals surface area contributed by atoms with Gasteiger partial charge in [-0.25, -0.2) is 4.98 Å². The maximum atomic E-state index is 12.4. The molecule has 0 saturated heterocycles. The molecule has 9 heteroatoms. The fourth-order valence-corrected chi connectivity index (χ4v) is 2.55. The molecule has 0 aliphatic carbocycles. The molecule has 1 aliphatic heterocycles. The van der Waals surface area contributed by atoms with Gasteiger partial charge in [-0.2, -0.15) is 0 Å². The zero-order valence-corrected chi connectivity index (χ0v) is 12.0. The number of fused-ring (bicyclic) bond motifs is 1. The number of nitrogens with one attached hydrogen (secondary N) is 1. The molecular formula is C15H9N3O6-2. The van der Waals surface area contributed by atoms with Gasteiger partial charge in [-0.3, -0.25) is 14.5 Å². The Bertz CT molecular complexity index is 858. The molecule has 1 aliphatic rings. The van der Waals surface area contributed by atoms with Gasteiger partial charge in [-0.15, -0.1) is 0 Å². The Kier molecular flexibility index (Phi) is 3.60. The molecule has 1 atom stereocenters. The van der Waals surface area contributed by atoms with E-state index in [1.807, 2.05) is 0 Å². The van der Waals surface area contributed by atoms with Crippen molar-refractivity contribution in [3.63, 3.8) is 0 Å². The minimum absolute atomic E-state index is 0.0686. The van der Waals surface area contributed by atoms with Crippen molar-refractivity contribution in [1.82, 2.24) is 14.9 Å². The molecule has 0 spiro atoms. The fourth-order valence-electron chi connectivity index (χ4n) is 2.55. The van der Waals surface area contributed by atoms with Crippen LogP contribution in [0.15, 0.2) is 30.7 Å². The van der Waals surface area contributed by atoms with Crippen molar-refractivity contribution in [2.75, 3.05) is 0 Å². The van der Waals surface area contributed by atoms with Crippen LogP contribution >= 0.6 is 0 Å². The number of hydrogen-bond donors (Lipinski definition) is 1. The van der Waals surface area contributed by atoms with Gasteiger partial charge in [0.1, 0.15) is 0 Å². The SMILES string of the molecule is O=C([O-])c1ccc2c(c1)C(=O)N([C@H](Cc1cnc[nH]1)C(=O)[O-])C2=O. The molecule has 2 heterocycles. The normalized spacial score (nSPS) is 14.6. The third kappa shape index (κ3) is 2.41. The molecule has 2 amide bonds. The van der Waals surface area contributed by atoms with E-state index in [2.05, 4.69) is 9.97 Å². The van der Waals surface area contributed by atoms with E-state index in [9.17, 15) is 29.4 Å². The van der Waals surface area contributed by atoms with Crippen LogP contribution in [0.5, 0.6) is 0 Å². The van der Waals surface area contributed by atoms with Crippen LogP contribution in [-0.4, -0.2) is 44.7 Å². The lowest BCUT2D eigenvalue weighted by molar-refractivity contribution is -0.310. The lowest BCUT2D eigenvalue weighted by Gasteiger charge is -2.26. The van der Waals surface area contributed by atoms with E-state index >= 15 is 0 Å². The Morgan fingerprint density at radius 1 is 1.17 bits per heavy atom. The fraction of sp³-hybridized carbons (Fsp3) is 0.133. The third-order valence-electron chi connectivity index (χ3n) is 3.71. The molecule has 24 heavy (non-hydrogen) atoms. The molecule has 0 unspecified atom stereocenters. The van der Waals surface area contributed by atoms with Gasteiger partial charge < -0.3 is 24.8 Å². The van der Waals surface area contributed by atoms with E-state index in [-0.39, 0.29) is 23.1 Å². The molecule has 1 aromatic carbocycles. The van der Waals surface area contributed by atoms with Crippen molar-refractivity contribution in [3.05, 3.63) is 53.1 Å². The number of carbonyl (C=O) groups is 4. The first-order valence-electron chi connectivity index (χ1n) is 6.81. The molecule has 3 rings (SSSR count). The summed E-state index contributed by atoms with van der Waals surface area (Å²) in [6.07, 6.45) is 2.49. The summed E-state index contributed by atoms with van der Waals surface area (Å²) in [5.74, 6) is -4.84. The van der Waals surface area contributed by atoms with E-state index in [1.54, 1.807) is 0 Å². The van der Waals surface area contributed by atoms with E-state index in [0.717, 1.165) is 18.2 Å². The Morgan fingerprint density at radius 3 is 2.46 bits per heavy atom. The first-order valence-corrected chi connectivity index (χ1v) is 6.81. The smallest absolute Gasteiger partial charge is 0.262 e. The monoisotopic (exact) mass is 327 g/mol. The predicted molar refractivity (Wildman–Crippen MR) is 72.4 cm³/mol. The molecule has 0 saturated carbocycles. The number of hydrogen-bond acceptors (Lipinski definition) is 7. The van der Waals surface area contributed by atoms with Crippen LogP contribution in [-0.2, 0) is 11.2 Å². The minimum Gasteiger partial charge on any atom is -0.548 e. The Morgan fingerprint density at radius 2 is 1.88 bits per heavy atom. The second kappa shape index (κ2) is 5.61. The molecule has 9 nitrogen and oxygen atoms in total. The zero-order valence-electron chi connectivity index (χ0n) is 12.0. The number of imidazole rings is 1. The molecule has 0 fully saturated rings. The lowest BCUT2D eigenvalue weighted by Crippen LogP contribution is -2.51. The van der Waals surface area contributed by atoms with Crippen LogP contribution in [0, 0.1) is 0 Å². The number of carbonyl (C=O) groups excluding carboxylic acids is 4. The number of rotatable bonds is 5. The highest BCUT2D eigenvalue weighted by Crippen LogP contribution is 2.26. The van der Waals surface area contributed by atoms with Crippen molar-refractivity contribution in [3.8, 4) is 0 Å². The number of carboxylic acid groups (broad SMARTS) is 2. The Hall–Kier alpha value is -3.49. The van der Waals surface area contributed by atoms with Crippen LogP contribution in [0.2, 0.25) is 0 Å². The molecule has 1 N–H and O–H groups in total. The number of aromatic nitrogens is 2. The van der Waals surface area contributed by atoms with E-state index < -0.39 is 29.8 Å². The summed E-state index contributed by atoms with van der Waals surface area (Å²) < 4.78 is 0. The van der Waals surface area contributed by atoms with Crippen LogP contribution < -0.4 is 10.2 Å². The molecule has 0 bridgehead atoms. The number of imide groups is 1.